The van der Waals surface area contributed by atoms with Crippen LogP contribution in [0.3, 0.4) is 0 Å². The van der Waals surface area contributed by atoms with Crippen molar-refractivity contribution in [3.8, 4) is 0 Å². The van der Waals surface area contributed by atoms with E-state index in [1.807, 2.05) is 0 Å². The number of carbonyl (C=O) groups excluding carboxylic acids is 3. The fourth-order valence-electron chi connectivity index (χ4n) is 2.73. The van der Waals surface area contributed by atoms with Gasteiger partial charge in [0, 0.05) is 17.9 Å². The highest BCUT2D eigenvalue weighted by Gasteiger charge is 2.32. The molecule has 2 heterocycles. The van der Waals surface area contributed by atoms with E-state index in [1.54, 1.807) is 29.2 Å². The molecule has 1 atom stereocenters. The fraction of sp³-hybridized carbons (Fsp3) is 0.353. The van der Waals surface area contributed by atoms with Crippen molar-refractivity contribution < 1.29 is 23.9 Å². The summed E-state index contributed by atoms with van der Waals surface area (Å²) in [6, 6.07) is 7.12. The molecule has 1 aromatic carbocycles. The first-order chi connectivity index (χ1) is 12.1. The number of hydrogen-bond donors (Lipinski definition) is 1. The molecular formula is C17H19N3O5. The summed E-state index contributed by atoms with van der Waals surface area (Å²) in [5.74, 6) is -0.397. The van der Waals surface area contributed by atoms with Crippen LogP contribution < -0.4 is 15.1 Å². The first-order valence-electron chi connectivity index (χ1n) is 7.95. The molecule has 25 heavy (non-hydrogen) atoms. The van der Waals surface area contributed by atoms with Gasteiger partial charge in [-0.2, -0.15) is 0 Å². The number of ether oxygens (including phenoxy) is 2. The minimum atomic E-state index is -0.465. The van der Waals surface area contributed by atoms with Crippen LogP contribution in [-0.4, -0.2) is 56.9 Å². The van der Waals surface area contributed by atoms with Crippen LogP contribution in [0.1, 0.15) is 0 Å². The molecule has 2 saturated heterocycles. The van der Waals surface area contributed by atoms with Gasteiger partial charge in [0.15, 0.2) is 0 Å². The summed E-state index contributed by atoms with van der Waals surface area (Å²) in [6.45, 7) is 5.03. The molecular weight excluding hydrogens is 326 g/mol. The van der Waals surface area contributed by atoms with Gasteiger partial charge in [0.25, 0.3) is 5.91 Å². The van der Waals surface area contributed by atoms with Crippen LogP contribution in [0.15, 0.2) is 36.9 Å². The monoisotopic (exact) mass is 345 g/mol. The summed E-state index contributed by atoms with van der Waals surface area (Å²) in [7, 11) is 0. The number of nitrogens with one attached hydrogen (secondary N) is 1. The Morgan fingerprint density at radius 2 is 1.92 bits per heavy atom. The zero-order chi connectivity index (χ0) is 17.8. The molecule has 0 unspecified atom stereocenters. The highest BCUT2D eigenvalue weighted by atomic mass is 16.6. The number of anilines is 2. The number of carbonyl (C=O) groups is 3. The third kappa shape index (κ3) is 3.80. The van der Waals surface area contributed by atoms with Crippen LogP contribution in [0.25, 0.3) is 0 Å². The largest absolute Gasteiger partial charge is 0.442 e. The van der Waals surface area contributed by atoms with Gasteiger partial charge in [0.2, 0.25) is 5.91 Å². The molecule has 2 fully saturated rings. The number of cyclic esters (lactones) is 1. The van der Waals surface area contributed by atoms with Crippen molar-refractivity contribution in [1.29, 1.82) is 0 Å². The van der Waals surface area contributed by atoms with Gasteiger partial charge in [-0.1, -0.05) is 6.58 Å². The van der Waals surface area contributed by atoms with Crippen LogP contribution in [0.2, 0.25) is 0 Å². The molecule has 3 rings (SSSR count). The fourth-order valence-corrected chi connectivity index (χ4v) is 2.73. The van der Waals surface area contributed by atoms with Gasteiger partial charge in [-0.3, -0.25) is 14.5 Å². The Morgan fingerprint density at radius 3 is 2.56 bits per heavy atom. The molecule has 2 aliphatic rings. The maximum absolute atomic E-state index is 12.0. The number of morpholine rings is 1. The SMILES string of the molecule is C=CC(=O)NC[C@H]1CN(c2ccc(N3CCOCC3=O)cc2)C(=O)O1. The topological polar surface area (TPSA) is 88.2 Å². The van der Waals surface area contributed by atoms with Crippen molar-refractivity contribution in [3.05, 3.63) is 36.9 Å². The number of nitrogens with zero attached hydrogens (tertiary/aromatic N) is 2. The van der Waals surface area contributed by atoms with Gasteiger partial charge >= 0.3 is 6.09 Å². The lowest BCUT2D eigenvalue weighted by Gasteiger charge is -2.27. The van der Waals surface area contributed by atoms with E-state index >= 15 is 0 Å². The van der Waals surface area contributed by atoms with Crippen LogP contribution in [0, 0.1) is 0 Å². The Morgan fingerprint density at radius 1 is 1.24 bits per heavy atom. The molecule has 3 amide bonds. The molecule has 2 aliphatic heterocycles. The van der Waals surface area contributed by atoms with Crippen molar-refractivity contribution in [2.24, 2.45) is 0 Å². The van der Waals surface area contributed by atoms with Crippen LogP contribution in [0.5, 0.6) is 0 Å². The number of benzene rings is 1. The Balaban J connectivity index is 1.64. The molecule has 0 radical (unpaired) electrons. The van der Waals surface area contributed by atoms with Crippen molar-refractivity contribution >= 4 is 29.3 Å². The van der Waals surface area contributed by atoms with E-state index < -0.39 is 12.2 Å². The van der Waals surface area contributed by atoms with Gasteiger partial charge in [-0.05, 0) is 30.3 Å². The third-order valence-electron chi connectivity index (χ3n) is 4.02. The molecule has 0 bridgehead atoms. The first-order valence-corrected chi connectivity index (χ1v) is 7.95. The van der Waals surface area contributed by atoms with Crippen molar-refractivity contribution in [3.63, 3.8) is 0 Å². The Hall–Kier alpha value is -2.87. The van der Waals surface area contributed by atoms with E-state index in [0.717, 1.165) is 5.69 Å². The van der Waals surface area contributed by atoms with Crippen molar-refractivity contribution in [2.75, 3.05) is 42.6 Å². The minimum Gasteiger partial charge on any atom is -0.442 e. The number of rotatable bonds is 5. The zero-order valence-corrected chi connectivity index (χ0v) is 13.6. The van der Waals surface area contributed by atoms with Crippen molar-refractivity contribution in [2.45, 2.75) is 6.10 Å². The van der Waals surface area contributed by atoms with Crippen molar-refractivity contribution in [1.82, 2.24) is 5.32 Å². The number of hydrogen-bond acceptors (Lipinski definition) is 5. The summed E-state index contributed by atoms with van der Waals surface area (Å²) < 4.78 is 10.4. The average Bonchev–Trinajstić information content (AvgIpc) is 3.01. The quantitative estimate of drug-likeness (QED) is 0.793. The van der Waals surface area contributed by atoms with E-state index in [0.29, 0.717) is 25.4 Å². The van der Waals surface area contributed by atoms with Crippen LogP contribution in [0.4, 0.5) is 16.2 Å². The lowest BCUT2D eigenvalue weighted by atomic mass is 10.2. The van der Waals surface area contributed by atoms with Crippen LogP contribution >= 0.6 is 0 Å². The maximum Gasteiger partial charge on any atom is 0.414 e. The lowest BCUT2D eigenvalue weighted by molar-refractivity contribution is -0.125. The lowest BCUT2D eigenvalue weighted by Crippen LogP contribution is -2.41. The highest BCUT2D eigenvalue weighted by Crippen LogP contribution is 2.25. The molecule has 0 aliphatic carbocycles. The highest BCUT2D eigenvalue weighted by molar-refractivity contribution is 5.95. The Kier molecular flexibility index (Phi) is 4.99. The predicted octanol–water partition coefficient (Wildman–Crippen LogP) is 0.677. The Bertz CT molecular complexity index is 688. The summed E-state index contributed by atoms with van der Waals surface area (Å²) in [6.07, 6.45) is 0.283. The van der Waals surface area contributed by atoms with Gasteiger partial charge in [-0.15, -0.1) is 0 Å². The first kappa shape index (κ1) is 17.0. The molecule has 0 aromatic heterocycles. The second-order valence-corrected chi connectivity index (χ2v) is 5.68. The molecule has 8 nitrogen and oxygen atoms in total. The van der Waals surface area contributed by atoms with Crippen LogP contribution in [-0.2, 0) is 19.1 Å². The maximum atomic E-state index is 12.0. The van der Waals surface area contributed by atoms with Gasteiger partial charge in [0.05, 0.1) is 19.7 Å². The molecule has 1 N–H and O–H groups in total. The molecule has 0 saturated carbocycles. The smallest absolute Gasteiger partial charge is 0.414 e. The summed E-state index contributed by atoms with van der Waals surface area (Å²) in [5.41, 5.74) is 1.44. The molecule has 1 aromatic rings. The molecule has 132 valence electrons. The van der Waals surface area contributed by atoms with E-state index in [2.05, 4.69) is 11.9 Å². The Labute approximate surface area is 145 Å². The van der Waals surface area contributed by atoms with Gasteiger partial charge < -0.3 is 19.7 Å². The number of amides is 3. The molecule has 0 spiro atoms. The zero-order valence-electron chi connectivity index (χ0n) is 13.6. The summed E-state index contributed by atoms with van der Waals surface area (Å²) in [5, 5.41) is 2.61. The van der Waals surface area contributed by atoms with E-state index in [-0.39, 0.29) is 25.0 Å². The predicted molar refractivity (Wildman–Crippen MR) is 90.4 cm³/mol. The van der Waals surface area contributed by atoms with E-state index in [1.165, 1.54) is 11.0 Å². The average molecular weight is 345 g/mol. The van der Waals surface area contributed by atoms with E-state index in [9.17, 15) is 14.4 Å². The van der Waals surface area contributed by atoms with E-state index in [4.69, 9.17) is 9.47 Å². The summed E-state index contributed by atoms with van der Waals surface area (Å²) in [4.78, 5) is 38.2. The van der Waals surface area contributed by atoms with Gasteiger partial charge in [-0.25, -0.2) is 4.79 Å². The summed E-state index contributed by atoms with van der Waals surface area (Å²) >= 11 is 0. The second-order valence-electron chi connectivity index (χ2n) is 5.68. The molecule has 8 heteroatoms. The standard InChI is InChI=1S/C17H19N3O5/c1-2-15(21)18-9-14-10-20(17(23)25-14)13-5-3-12(4-6-13)19-7-8-24-11-16(19)22/h2-6,14H,1,7-11H2,(H,18,21)/t14-/m0/s1. The second kappa shape index (κ2) is 7.35. The third-order valence-corrected chi connectivity index (χ3v) is 4.02. The normalized spacial score (nSPS) is 20.4. The minimum absolute atomic E-state index is 0.0817. The van der Waals surface area contributed by atoms with Gasteiger partial charge in [0.1, 0.15) is 12.7 Å².